The van der Waals surface area contributed by atoms with Crippen LogP contribution in [0.3, 0.4) is 0 Å². The molecular weight excluding hydrogens is 413 g/mol. The van der Waals surface area contributed by atoms with Gasteiger partial charge in [-0.2, -0.15) is 18.3 Å². The molecule has 3 heterocycles. The molecule has 0 fully saturated rings. The Kier molecular flexibility index (Phi) is 5.62. The molecule has 0 saturated heterocycles. The molecule has 0 saturated carbocycles. The van der Waals surface area contributed by atoms with Gasteiger partial charge in [-0.1, -0.05) is 12.1 Å². The minimum absolute atomic E-state index is 0.0772. The molecule has 1 aliphatic rings. The van der Waals surface area contributed by atoms with Crippen LogP contribution in [0.4, 0.5) is 19.0 Å². The number of alkyl halides is 3. The SMILES string of the molecule is COc1ccc(CCNC(=O)c2cc3n(n2)[C@@H](C(F)(F)F)C[C@@H](c2ccco2)N3)cc1. The Labute approximate surface area is 176 Å². The van der Waals surface area contributed by atoms with Crippen LogP contribution in [-0.2, 0) is 6.42 Å². The van der Waals surface area contributed by atoms with Crippen LogP contribution in [0, 0.1) is 0 Å². The van der Waals surface area contributed by atoms with Gasteiger partial charge in [-0.15, -0.1) is 0 Å². The molecule has 164 valence electrons. The van der Waals surface area contributed by atoms with Crippen molar-refractivity contribution in [1.82, 2.24) is 15.1 Å². The highest BCUT2D eigenvalue weighted by Gasteiger charge is 2.47. The van der Waals surface area contributed by atoms with E-state index in [0.717, 1.165) is 16.0 Å². The van der Waals surface area contributed by atoms with Crippen molar-refractivity contribution in [2.24, 2.45) is 0 Å². The molecule has 0 spiro atoms. The summed E-state index contributed by atoms with van der Waals surface area (Å²) >= 11 is 0. The van der Waals surface area contributed by atoms with E-state index in [1.54, 1.807) is 19.2 Å². The van der Waals surface area contributed by atoms with E-state index in [1.165, 1.54) is 12.3 Å². The Balaban J connectivity index is 1.45. The summed E-state index contributed by atoms with van der Waals surface area (Å²) in [6.45, 7) is 0.318. The maximum Gasteiger partial charge on any atom is 0.410 e. The molecule has 0 unspecified atom stereocenters. The number of amides is 1. The molecule has 2 aromatic heterocycles. The normalized spacial score (nSPS) is 18.2. The monoisotopic (exact) mass is 434 g/mol. The van der Waals surface area contributed by atoms with E-state index in [4.69, 9.17) is 9.15 Å². The Morgan fingerprint density at radius 3 is 2.74 bits per heavy atom. The smallest absolute Gasteiger partial charge is 0.410 e. The first-order chi connectivity index (χ1) is 14.8. The van der Waals surface area contributed by atoms with Crippen molar-refractivity contribution in [2.75, 3.05) is 19.0 Å². The van der Waals surface area contributed by atoms with Crippen LogP contribution in [0.15, 0.2) is 53.1 Å². The van der Waals surface area contributed by atoms with E-state index in [2.05, 4.69) is 15.7 Å². The standard InChI is InChI=1S/C21H21F3N4O3/c1-30-14-6-4-13(5-7-14)8-9-25-20(29)16-12-19-26-15(17-3-2-10-31-17)11-18(21(22,23)24)28(19)27-16/h2-7,10,12,15,18,26H,8-9,11H2,1H3,(H,25,29)/t15-,18+/m0/s1. The van der Waals surface area contributed by atoms with Crippen LogP contribution in [-0.4, -0.2) is 35.5 Å². The number of benzene rings is 1. The average Bonchev–Trinajstić information content (AvgIpc) is 3.42. The van der Waals surface area contributed by atoms with Gasteiger partial charge in [-0.3, -0.25) is 4.79 Å². The summed E-state index contributed by atoms with van der Waals surface area (Å²) in [7, 11) is 1.58. The molecule has 7 nitrogen and oxygen atoms in total. The lowest BCUT2D eigenvalue weighted by Crippen LogP contribution is -2.35. The molecule has 2 atom stereocenters. The highest BCUT2D eigenvalue weighted by molar-refractivity contribution is 5.93. The molecule has 10 heteroatoms. The molecule has 0 radical (unpaired) electrons. The van der Waals surface area contributed by atoms with Crippen molar-refractivity contribution < 1.29 is 27.1 Å². The zero-order chi connectivity index (χ0) is 22.0. The number of rotatable bonds is 6. The average molecular weight is 434 g/mol. The molecule has 3 aromatic rings. The van der Waals surface area contributed by atoms with E-state index >= 15 is 0 Å². The molecular formula is C21H21F3N4O3. The van der Waals surface area contributed by atoms with Gasteiger partial charge in [0.05, 0.1) is 19.4 Å². The molecule has 4 rings (SSSR count). The topological polar surface area (TPSA) is 81.3 Å². The van der Waals surface area contributed by atoms with Crippen LogP contribution >= 0.6 is 0 Å². The van der Waals surface area contributed by atoms with E-state index in [9.17, 15) is 18.0 Å². The number of nitrogens with zero attached hydrogens (tertiary/aromatic N) is 2. The van der Waals surface area contributed by atoms with Crippen molar-refractivity contribution in [3.8, 4) is 5.75 Å². The number of furan rings is 1. The summed E-state index contributed by atoms with van der Waals surface area (Å²) in [5, 5.41) is 9.63. The number of hydrogen-bond acceptors (Lipinski definition) is 5. The molecule has 1 amide bonds. The van der Waals surface area contributed by atoms with Crippen molar-refractivity contribution in [3.05, 3.63) is 65.7 Å². The summed E-state index contributed by atoms with van der Waals surface area (Å²) in [6.07, 6.45) is -2.83. The molecule has 2 N–H and O–H groups in total. The quantitative estimate of drug-likeness (QED) is 0.610. The lowest BCUT2D eigenvalue weighted by atomic mass is 10.0. The van der Waals surface area contributed by atoms with E-state index < -0.39 is 24.2 Å². The number of aromatic nitrogens is 2. The van der Waals surface area contributed by atoms with Gasteiger partial charge in [0, 0.05) is 19.0 Å². The van der Waals surface area contributed by atoms with Gasteiger partial charge in [-0.25, -0.2) is 4.68 Å². The molecule has 1 aliphatic heterocycles. The van der Waals surface area contributed by atoms with Crippen molar-refractivity contribution in [2.45, 2.75) is 31.1 Å². The Bertz CT molecular complexity index is 1030. The zero-order valence-electron chi connectivity index (χ0n) is 16.6. The van der Waals surface area contributed by atoms with Gasteiger partial charge < -0.3 is 19.8 Å². The van der Waals surface area contributed by atoms with Gasteiger partial charge in [0.1, 0.15) is 17.3 Å². The fourth-order valence-electron chi connectivity index (χ4n) is 3.56. The Morgan fingerprint density at radius 1 is 1.32 bits per heavy atom. The van der Waals surface area contributed by atoms with E-state index in [-0.39, 0.29) is 17.9 Å². The van der Waals surface area contributed by atoms with Crippen molar-refractivity contribution in [3.63, 3.8) is 0 Å². The third-order valence-corrected chi connectivity index (χ3v) is 5.17. The minimum atomic E-state index is -4.52. The first-order valence-electron chi connectivity index (χ1n) is 9.72. The highest BCUT2D eigenvalue weighted by Crippen LogP contribution is 2.43. The van der Waals surface area contributed by atoms with Gasteiger partial charge in [0.2, 0.25) is 0 Å². The zero-order valence-corrected chi connectivity index (χ0v) is 16.6. The maximum atomic E-state index is 13.7. The second-order valence-electron chi connectivity index (χ2n) is 7.22. The fraction of sp³-hybridized carbons (Fsp3) is 0.333. The number of carbonyl (C=O) groups is 1. The summed E-state index contributed by atoms with van der Waals surface area (Å²) in [4.78, 5) is 12.5. The highest BCUT2D eigenvalue weighted by atomic mass is 19.4. The first kappa shape index (κ1) is 20.8. The van der Waals surface area contributed by atoms with Crippen molar-refractivity contribution in [1.29, 1.82) is 0 Å². The number of halogens is 3. The molecule has 31 heavy (non-hydrogen) atoms. The van der Waals surface area contributed by atoms with Crippen molar-refractivity contribution >= 4 is 11.7 Å². The molecule has 0 bridgehead atoms. The summed E-state index contributed by atoms with van der Waals surface area (Å²) < 4.78 is 52.2. The third kappa shape index (κ3) is 4.52. The van der Waals surface area contributed by atoms with Gasteiger partial charge in [0.15, 0.2) is 11.7 Å². The first-order valence-corrected chi connectivity index (χ1v) is 9.72. The van der Waals surface area contributed by atoms with Crippen LogP contribution in [0.1, 0.15) is 40.3 Å². The minimum Gasteiger partial charge on any atom is -0.497 e. The lowest BCUT2D eigenvalue weighted by molar-refractivity contribution is -0.174. The number of ether oxygens (including phenoxy) is 1. The maximum absolute atomic E-state index is 13.7. The van der Waals surface area contributed by atoms with Crippen LogP contribution in [0.2, 0.25) is 0 Å². The second-order valence-corrected chi connectivity index (χ2v) is 7.22. The number of nitrogens with one attached hydrogen (secondary N) is 2. The predicted octanol–water partition coefficient (Wildman–Crippen LogP) is 4.12. The Morgan fingerprint density at radius 2 is 2.10 bits per heavy atom. The number of fused-ring (bicyclic) bond motifs is 1. The summed E-state index contributed by atoms with van der Waals surface area (Å²) in [5.41, 5.74) is 0.914. The fourth-order valence-corrected chi connectivity index (χ4v) is 3.56. The Hall–Kier alpha value is -3.43. The molecule has 0 aliphatic carbocycles. The number of methoxy groups -OCH3 is 1. The van der Waals surface area contributed by atoms with Gasteiger partial charge in [-0.05, 0) is 36.2 Å². The number of anilines is 1. The third-order valence-electron chi connectivity index (χ3n) is 5.17. The van der Waals surface area contributed by atoms with E-state index in [1.807, 2.05) is 24.3 Å². The van der Waals surface area contributed by atoms with E-state index in [0.29, 0.717) is 18.7 Å². The van der Waals surface area contributed by atoms with Gasteiger partial charge >= 0.3 is 6.18 Å². The lowest BCUT2D eigenvalue weighted by Gasteiger charge is -2.32. The van der Waals surface area contributed by atoms with Crippen LogP contribution in [0.25, 0.3) is 0 Å². The number of carbonyl (C=O) groups excluding carboxylic acids is 1. The largest absolute Gasteiger partial charge is 0.497 e. The summed E-state index contributed by atoms with van der Waals surface area (Å²) in [5.74, 6) is 0.714. The second kappa shape index (κ2) is 8.37. The number of hydrogen-bond donors (Lipinski definition) is 2. The molecule has 1 aromatic carbocycles. The van der Waals surface area contributed by atoms with Crippen LogP contribution < -0.4 is 15.4 Å². The summed E-state index contributed by atoms with van der Waals surface area (Å²) in [6, 6.07) is 9.43. The predicted molar refractivity (Wildman–Crippen MR) is 106 cm³/mol. The van der Waals surface area contributed by atoms with Gasteiger partial charge in [0.25, 0.3) is 5.91 Å². The van der Waals surface area contributed by atoms with Crippen LogP contribution in [0.5, 0.6) is 5.75 Å².